The summed E-state index contributed by atoms with van der Waals surface area (Å²) in [6.07, 6.45) is 0. The van der Waals surface area contributed by atoms with Crippen LogP contribution in [0.3, 0.4) is 0 Å². The molecule has 0 saturated carbocycles. The largest absolute Gasteiger partial charge is 0.395 e. The Kier molecular flexibility index (Phi) is 4.16. The standard InChI is InChI=1S/C9H15N3O2S/c1-6(2)12(4-5-13)9(14)8-7(3)10-11-15-8/h6,13H,4-5H2,1-3H3. The van der Waals surface area contributed by atoms with E-state index in [0.717, 1.165) is 11.5 Å². The average molecular weight is 229 g/mol. The first kappa shape index (κ1) is 12.1. The van der Waals surface area contributed by atoms with E-state index in [9.17, 15) is 4.79 Å². The van der Waals surface area contributed by atoms with E-state index >= 15 is 0 Å². The van der Waals surface area contributed by atoms with Gasteiger partial charge in [0.15, 0.2) is 0 Å². The van der Waals surface area contributed by atoms with Gasteiger partial charge in [0.05, 0.1) is 12.3 Å². The van der Waals surface area contributed by atoms with E-state index in [1.165, 1.54) is 0 Å². The summed E-state index contributed by atoms with van der Waals surface area (Å²) in [7, 11) is 0. The summed E-state index contributed by atoms with van der Waals surface area (Å²) < 4.78 is 3.73. The van der Waals surface area contributed by atoms with Gasteiger partial charge in [0.2, 0.25) is 0 Å². The molecule has 0 aliphatic rings. The highest BCUT2D eigenvalue weighted by molar-refractivity contribution is 7.07. The number of aryl methyl sites for hydroxylation is 1. The minimum atomic E-state index is -0.105. The van der Waals surface area contributed by atoms with Crippen LogP contribution >= 0.6 is 11.5 Å². The number of amides is 1. The van der Waals surface area contributed by atoms with Crippen molar-refractivity contribution in [3.05, 3.63) is 10.6 Å². The Morgan fingerprint density at radius 1 is 1.60 bits per heavy atom. The molecule has 0 radical (unpaired) electrons. The highest BCUT2D eigenvalue weighted by Gasteiger charge is 2.22. The molecule has 6 heteroatoms. The molecule has 0 aromatic carbocycles. The lowest BCUT2D eigenvalue weighted by Gasteiger charge is -2.25. The summed E-state index contributed by atoms with van der Waals surface area (Å²) in [6, 6.07) is 0.0612. The van der Waals surface area contributed by atoms with Gasteiger partial charge in [-0.15, -0.1) is 5.10 Å². The molecule has 1 heterocycles. The quantitative estimate of drug-likeness (QED) is 0.825. The van der Waals surface area contributed by atoms with E-state index in [1.807, 2.05) is 13.8 Å². The minimum absolute atomic E-state index is 0.0325. The van der Waals surface area contributed by atoms with Crippen LogP contribution in [0.2, 0.25) is 0 Å². The van der Waals surface area contributed by atoms with Gasteiger partial charge in [-0.3, -0.25) is 4.79 Å². The lowest BCUT2D eigenvalue weighted by atomic mass is 10.2. The molecule has 1 rings (SSSR count). The second-order valence-corrected chi connectivity index (χ2v) is 4.26. The summed E-state index contributed by atoms with van der Waals surface area (Å²) in [5.74, 6) is -0.105. The molecule has 0 unspecified atom stereocenters. The second kappa shape index (κ2) is 5.18. The van der Waals surface area contributed by atoms with Crippen LogP contribution in [-0.2, 0) is 0 Å². The van der Waals surface area contributed by atoms with Crippen molar-refractivity contribution < 1.29 is 9.90 Å². The van der Waals surface area contributed by atoms with Crippen LogP contribution in [0.15, 0.2) is 0 Å². The molecule has 0 saturated heterocycles. The van der Waals surface area contributed by atoms with Gasteiger partial charge in [0.1, 0.15) is 4.88 Å². The molecule has 0 fully saturated rings. The van der Waals surface area contributed by atoms with Gasteiger partial charge in [-0.1, -0.05) is 4.49 Å². The van der Waals surface area contributed by atoms with Crippen molar-refractivity contribution in [2.75, 3.05) is 13.2 Å². The molecule has 0 bridgehead atoms. The van der Waals surface area contributed by atoms with Gasteiger partial charge in [0, 0.05) is 12.6 Å². The van der Waals surface area contributed by atoms with Gasteiger partial charge in [-0.05, 0) is 32.3 Å². The third-order valence-electron chi connectivity index (χ3n) is 2.07. The fourth-order valence-corrected chi connectivity index (χ4v) is 1.87. The number of aliphatic hydroxyl groups excluding tert-OH is 1. The van der Waals surface area contributed by atoms with Crippen LogP contribution < -0.4 is 0 Å². The molecule has 0 spiro atoms. The van der Waals surface area contributed by atoms with Gasteiger partial charge < -0.3 is 10.0 Å². The first-order chi connectivity index (χ1) is 7.07. The number of hydrogen-bond donors (Lipinski definition) is 1. The monoisotopic (exact) mass is 229 g/mol. The van der Waals surface area contributed by atoms with Crippen molar-refractivity contribution in [3.63, 3.8) is 0 Å². The van der Waals surface area contributed by atoms with Crippen molar-refractivity contribution in [2.45, 2.75) is 26.8 Å². The highest BCUT2D eigenvalue weighted by Crippen LogP contribution is 2.14. The summed E-state index contributed by atoms with van der Waals surface area (Å²) in [5, 5.41) is 12.7. The van der Waals surface area contributed by atoms with Crippen molar-refractivity contribution >= 4 is 17.4 Å². The van der Waals surface area contributed by atoms with E-state index in [4.69, 9.17) is 5.11 Å². The zero-order valence-corrected chi connectivity index (χ0v) is 9.91. The molecule has 84 valence electrons. The maximum Gasteiger partial charge on any atom is 0.267 e. The molecule has 1 amide bonds. The van der Waals surface area contributed by atoms with Crippen LogP contribution in [0.4, 0.5) is 0 Å². The summed E-state index contributed by atoms with van der Waals surface area (Å²) in [5.41, 5.74) is 0.647. The number of nitrogens with zero attached hydrogens (tertiary/aromatic N) is 3. The summed E-state index contributed by atoms with van der Waals surface area (Å²) in [4.78, 5) is 14.2. The Morgan fingerprint density at radius 3 is 2.67 bits per heavy atom. The lowest BCUT2D eigenvalue weighted by molar-refractivity contribution is 0.0669. The number of rotatable bonds is 4. The van der Waals surface area contributed by atoms with Crippen molar-refractivity contribution in [1.82, 2.24) is 14.5 Å². The molecular formula is C9H15N3O2S. The van der Waals surface area contributed by atoms with E-state index < -0.39 is 0 Å². The Labute approximate surface area is 92.9 Å². The van der Waals surface area contributed by atoms with Gasteiger partial charge in [0.25, 0.3) is 5.91 Å². The van der Waals surface area contributed by atoms with E-state index in [0.29, 0.717) is 17.1 Å². The fraction of sp³-hybridized carbons (Fsp3) is 0.667. The molecular weight excluding hydrogens is 214 g/mol. The van der Waals surface area contributed by atoms with E-state index in [2.05, 4.69) is 9.59 Å². The number of hydrogen-bond acceptors (Lipinski definition) is 5. The van der Waals surface area contributed by atoms with Crippen LogP contribution in [0.25, 0.3) is 0 Å². The Balaban J connectivity index is 2.86. The highest BCUT2D eigenvalue weighted by atomic mass is 32.1. The van der Waals surface area contributed by atoms with E-state index in [1.54, 1.807) is 11.8 Å². The minimum Gasteiger partial charge on any atom is -0.395 e. The maximum atomic E-state index is 12.0. The predicted octanol–water partition coefficient (Wildman–Crippen LogP) is 0.689. The Morgan fingerprint density at radius 2 is 2.27 bits per heavy atom. The molecule has 0 atom stereocenters. The first-order valence-corrected chi connectivity index (χ1v) is 5.56. The lowest BCUT2D eigenvalue weighted by Crippen LogP contribution is -2.38. The molecule has 5 nitrogen and oxygen atoms in total. The summed E-state index contributed by atoms with van der Waals surface area (Å²) >= 11 is 1.10. The second-order valence-electron chi connectivity index (χ2n) is 3.50. The molecule has 15 heavy (non-hydrogen) atoms. The SMILES string of the molecule is Cc1nnsc1C(=O)N(CCO)C(C)C. The van der Waals surface area contributed by atoms with E-state index in [-0.39, 0.29) is 18.6 Å². The smallest absolute Gasteiger partial charge is 0.267 e. The molecule has 1 aromatic rings. The first-order valence-electron chi connectivity index (χ1n) is 4.78. The Bertz CT molecular complexity index is 338. The zero-order valence-electron chi connectivity index (χ0n) is 9.10. The third-order valence-corrected chi connectivity index (χ3v) is 2.89. The van der Waals surface area contributed by atoms with Crippen molar-refractivity contribution in [2.24, 2.45) is 0 Å². The predicted molar refractivity (Wildman–Crippen MR) is 57.9 cm³/mol. The maximum absolute atomic E-state index is 12.0. The van der Waals surface area contributed by atoms with Crippen LogP contribution in [0, 0.1) is 6.92 Å². The van der Waals surface area contributed by atoms with Gasteiger partial charge >= 0.3 is 0 Å². The fourth-order valence-electron chi connectivity index (χ4n) is 1.26. The van der Waals surface area contributed by atoms with Crippen LogP contribution in [0.5, 0.6) is 0 Å². The number of carbonyl (C=O) groups is 1. The molecule has 1 N–H and O–H groups in total. The molecule has 1 aromatic heterocycles. The molecule has 0 aliphatic carbocycles. The topological polar surface area (TPSA) is 66.3 Å². The number of aromatic nitrogens is 2. The molecule has 0 aliphatic heterocycles. The number of aliphatic hydroxyl groups is 1. The van der Waals surface area contributed by atoms with Gasteiger partial charge in [-0.2, -0.15) is 0 Å². The zero-order chi connectivity index (χ0) is 11.4. The Hall–Kier alpha value is -1.01. The number of carbonyl (C=O) groups excluding carboxylic acids is 1. The van der Waals surface area contributed by atoms with Crippen molar-refractivity contribution in [1.29, 1.82) is 0 Å². The van der Waals surface area contributed by atoms with Gasteiger partial charge in [-0.25, -0.2) is 0 Å². The van der Waals surface area contributed by atoms with Crippen molar-refractivity contribution in [3.8, 4) is 0 Å². The average Bonchev–Trinajstić information content (AvgIpc) is 2.59. The van der Waals surface area contributed by atoms with Crippen LogP contribution in [-0.4, -0.2) is 44.7 Å². The van der Waals surface area contributed by atoms with Crippen LogP contribution in [0.1, 0.15) is 29.2 Å². The normalized spacial score (nSPS) is 10.7. The third kappa shape index (κ3) is 2.73. The summed E-state index contributed by atoms with van der Waals surface area (Å²) in [6.45, 7) is 5.89.